The first-order chi connectivity index (χ1) is 21.4. The molecule has 6 rings (SSSR count). The molecule has 5 aromatic rings. The van der Waals surface area contributed by atoms with Gasteiger partial charge in [0.05, 0.1) is 6.10 Å². The number of fused-ring (bicyclic) bond motifs is 3. The smallest absolute Gasteiger partial charge is 0.411 e. The molecule has 1 aliphatic rings. The van der Waals surface area contributed by atoms with Gasteiger partial charge < -0.3 is 14.9 Å². The largest absolute Gasteiger partial charge is 0.480 e. The van der Waals surface area contributed by atoms with Gasteiger partial charge >= 0.3 is 12.1 Å². The third-order valence-corrected chi connectivity index (χ3v) is 8.46. The molecule has 220 valence electrons. The second-order valence-electron chi connectivity index (χ2n) is 11.0. The molecule has 6 nitrogen and oxygen atoms in total. The number of carboxylic acid groups (broad SMARTS) is 1. The Bertz CT molecular complexity index is 1610. The maximum Gasteiger partial charge on any atom is 0.411 e. The summed E-state index contributed by atoms with van der Waals surface area (Å²) >= 11 is 0. The lowest BCUT2D eigenvalue weighted by Crippen LogP contribution is -2.61. The van der Waals surface area contributed by atoms with E-state index in [1.54, 1.807) is 0 Å². The SMILES string of the molecule is C[C@H](O)[C@@H](C(=O)O)N(C(=O)OCC1c2ccccc2-c2ccccc21)C(c1ccccc1)(c1ccccc1)c1ccccc1. The monoisotopic (exact) mass is 583 g/mol. The predicted octanol–water partition coefficient (Wildman–Crippen LogP) is 7.06. The van der Waals surface area contributed by atoms with Crippen molar-refractivity contribution in [2.75, 3.05) is 6.61 Å². The normalized spacial score (nSPS) is 13.8. The van der Waals surface area contributed by atoms with Crippen LogP contribution in [0, 0.1) is 0 Å². The van der Waals surface area contributed by atoms with Crippen molar-refractivity contribution in [3.05, 3.63) is 167 Å². The van der Waals surface area contributed by atoms with E-state index in [4.69, 9.17) is 4.74 Å². The summed E-state index contributed by atoms with van der Waals surface area (Å²) in [5, 5.41) is 21.6. The standard InChI is InChI=1S/C38H33NO5/c1-26(40)35(36(41)42)39(37(43)44-25-34-32-23-13-11-21-30(32)31-22-12-14-24-33(31)34)38(27-15-5-2-6-16-27,28-17-7-3-8-18-28)29-19-9-4-10-20-29/h2-24,26,34-35,40H,25H2,1H3,(H,41,42)/t26-,35-/m0/s1. The van der Waals surface area contributed by atoms with Gasteiger partial charge in [0.25, 0.3) is 0 Å². The van der Waals surface area contributed by atoms with Crippen molar-refractivity contribution < 1.29 is 24.5 Å². The highest BCUT2D eigenvalue weighted by Crippen LogP contribution is 2.47. The fraction of sp³-hybridized carbons (Fsp3) is 0.158. The van der Waals surface area contributed by atoms with E-state index in [1.165, 1.54) is 11.8 Å². The zero-order chi connectivity index (χ0) is 30.7. The van der Waals surface area contributed by atoms with Gasteiger partial charge in [-0.1, -0.05) is 140 Å². The summed E-state index contributed by atoms with van der Waals surface area (Å²) in [6, 6.07) is 42.3. The maximum absolute atomic E-state index is 14.7. The summed E-state index contributed by atoms with van der Waals surface area (Å²) in [4.78, 5) is 28.9. The molecule has 1 aliphatic carbocycles. The number of aliphatic carboxylic acids is 1. The van der Waals surface area contributed by atoms with Crippen molar-refractivity contribution in [2.45, 2.75) is 30.5 Å². The van der Waals surface area contributed by atoms with Crippen LogP contribution in [0.1, 0.15) is 40.7 Å². The third kappa shape index (κ3) is 4.93. The highest BCUT2D eigenvalue weighted by molar-refractivity contribution is 5.83. The Hall–Kier alpha value is -5.20. The Labute approximate surface area is 256 Å². The number of carboxylic acids is 1. The quantitative estimate of drug-likeness (QED) is 0.181. The number of amides is 1. The van der Waals surface area contributed by atoms with E-state index in [0.717, 1.165) is 22.3 Å². The molecule has 0 saturated heterocycles. The van der Waals surface area contributed by atoms with Crippen LogP contribution in [0.2, 0.25) is 0 Å². The lowest BCUT2D eigenvalue weighted by molar-refractivity contribution is -0.148. The summed E-state index contributed by atoms with van der Waals surface area (Å²) < 4.78 is 6.17. The second kappa shape index (κ2) is 12.2. The Kier molecular flexibility index (Phi) is 8.01. The number of aliphatic hydroxyl groups is 1. The van der Waals surface area contributed by atoms with Crippen molar-refractivity contribution in [3.63, 3.8) is 0 Å². The van der Waals surface area contributed by atoms with Crippen LogP contribution < -0.4 is 0 Å². The van der Waals surface area contributed by atoms with Gasteiger partial charge in [0, 0.05) is 5.92 Å². The molecule has 5 aromatic carbocycles. The lowest BCUT2D eigenvalue weighted by atomic mass is 9.74. The summed E-state index contributed by atoms with van der Waals surface area (Å²) in [6.07, 6.45) is -2.28. The van der Waals surface area contributed by atoms with Crippen LogP contribution in [-0.2, 0) is 15.1 Å². The molecule has 0 bridgehead atoms. The van der Waals surface area contributed by atoms with Crippen molar-refractivity contribution >= 4 is 12.1 Å². The number of hydrogen-bond acceptors (Lipinski definition) is 4. The molecule has 6 heteroatoms. The molecule has 0 saturated carbocycles. The Morgan fingerprint density at radius 2 is 1.07 bits per heavy atom. The minimum atomic E-state index is -1.65. The van der Waals surface area contributed by atoms with Crippen LogP contribution >= 0.6 is 0 Å². The second-order valence-corrected chi connectivity index (χ2v) is 11.0. The Morgan fingerprint density at radius 1 is 0.682 bits per heavy atom. The predicted molar refractivity (Wildman–Crippen MR) is 169 cm³/mol. The number of hydrogen-bond donors (Lipinski definition) is 2. The van der Waals surface area contributed by atoms with Gasteiger partial charge in [0.15, 0.2) is 6.04 Å². The summed E-state index contributed by atoms with van der Waals surface area (Å²) in [5.74, 6) is -1.58. The van der Waals surface area contributed by atoms with E-state index in [9.17, 15) is 19.8 Å². The van der Waals surface area contributed by atoms with Gasteiger partial charge in [-0.2, -0.15) is 0 Å². The van der Waals surface area contributed by atoms with Crippen LogP contribution in [0.3, 0.4) is 0 Å². The topological polar surface area (TPSA) is 87.1 Å². The number of rotatable bonds is 9. The van der Waals surface area contributed by atoms with Crippen molar-refractivity contribution in [3.8, 4) is 11.1 Å². The number of benzene rings is 5. The van der Waals surface area contributed by atoms with Gasteiger partial charge in [-0.15, -0.1) is 0 Å². The van der Waals surface area contributed by atoms with Gasteiger partial charge in [0.2, 0.25) is 0 Å². The zero-order valence-electron chi connectivity index (χ0n) is 24.3. The molecule has 1 amide bonds. The number of aliphatic hydroxyl groups excluding tert-OH is 1. The highest BCUT2D eigenvalue weighted by atomic mass is 16.6. The van der Waals surface area contributed by atoms with Crippen LogP contribution in [0.4, 0.5) is 4.79 Å². The average molecular weight is 584 g/mol. The van der Waals surface area contributed by atoms with Crippen molar-refractivity contribution in [1.82, 2.24) is 4.90 Å². The maximum atomic E-state index is 14.7. The zero-order valence-corrected chi connectivity index (χ0v) is 24.3. The van der Waals surface area contributed by atoms with Gasteiger partial charge in [-0.25, -0.2) is 9.59 Å². The molecule has 0 aliphatic heterocycles. The summed E-state index contributed by atoms with van der Waals surface area (Å²) in [6.45, 7) is 1.37. The molecular weight excluding hydrogens is 550 g/mol. The third-order valence-electron chi connectivity index (χ3n) is 8.46. The molecule has 44 heavy (non-hydrogen) atoms. The minimum Gasteiger partial charge on any atom is -0.480 e. The highest BCUT2D eigenvalue weighted by Gasteiger charge is 2.52. The molecule has 0 heterocycles. The van der Waals surface area contributed by atoms with E-state index in [-0.39, 0.29) is 12.5 Å². The van der Waals surface area contributed by atoms with E-state index in [1.807, 2.05) is 127 Å². The van der Waals surface area contributed by atoms with E-state index in [0.29, 0.717) is 16.7 Å². The van der Waals surface area contributed by atoms with Crippen molar-refractivity contribution in [2.24, 2.45) is 0 Å². The molecule has 0 unspecified atom stereocenters. The number of ether oxygens (including phenoxy) is 1. The van der Waals surface area contributed by atoms with E-state index < -0.39 is 29.7 Å². The molecule has 0 spiro atoms. The summed E-state index contributed by atoms with van der Waals surface area (Å²) in [5.41, 5.74) is 4.74. The first-order valence-electron chi connectivity index (χ1n) is 14.7. The number of nitrogens with zero attached hydrogens (tertiary/aromatic N) is 1. The fourth-order valence-corrected chi connectivity index (χ4v) is 6.61. The van der Waals surface area contributed by atoms with Crippen LogP contribution in [0.25, 0.3) is 11.1 Å². The van der Waals surface area contributed by atoms with Crippen LogP contribution in [0.5, 0.6) is 0 Å². The molecule has 0 aromatic heterocycles. The molecule has 2 N–H and O–H groups in total. The minimum absolute atomic E-state index is 0.00996. The number of carbonyl (C=O) groups is 2. The first kappa shape index (κ1) is 28.9. The average Bonchev–Trinajstić information content (AvgIpc) is 3.38. The van der Waals surface area contributed by atoms with Gasteiger partial charge in [0.1, 0.15) is 12.1 Å². The van der Waals surface area contributed by atoms with E-state index >= 15 is 0 Å². The van der Waals surface area contributed by atoms with Gasteiger partial charge in [-0.05, 0) is 45.9 Å². The molecule has 2 atom stereocenters. The molecular formula is C38H33NO5. The lowest BCUT2D eigenvalue weighted by Gasteiger charge is -2.47. The van der Waals surface area contributed by atoms with Crippen molar-refractivity contribution in [1.29, 1.82) is 0 Å². The van der Waals surface area contributed by atoms with E-state index in [2.05, 4.69) is 12.1 Å². The fourth-order valence-electron chi connectivity index (χ4n) is 6.61. The molecule has 0 radical (unpaired) electrons. The van der Waals surface area contributed by atoms with Gasteiger partial charge in [-0.3, -0.25) is 4.90 Å². The summed E-state index contributed by atoms with van der Waals surface area (Å²) in [7, 11) is 0. The van der Waals surface area contributed by atoms with Crippen LogP contribution in [-0.4, -0.2) is 45.9 Å². The van der Waals surface area contributed by atoms with Crippen LogP contribution in [0.15, 0.2) is 140 Å². The Morgan fingerprint density at radius 3 is 1.45 bits per heavy atom. The first-order valence-corrected chi connectivity index (χ1v) is 14.7. The Balaban J connectivity index is 1.53. The molecule has 0 fully saturated rings. The number of carbonyl (C=O) groups excluding carboxylic acids is 1.